The number of alkyl halides is 6. The minimum atomic E-state index is -5.36. The van der Waals surface area contributed by atoms with E-state index in [-0.39, 0.29) is 12.8 Å². The van der Waals surface area contributed by atoms with Crippen molar-refractivity contribution in [3.63, 3.8) is 0 Å². The number of nitrogens with two attached hydrogens (primary N) is 1. The standard InChI is InChI=1S/C9H16F6N2/c1-3-5(4-2)6(17-16)7(8(10,11)12)9(13,14)15/h5-7,17H,3-4,16H2,1-2H3. The highest BCUT2D eigenvalue weighted by Crippen LogP contribution is 2.43. The Morgan fingerprint density at radius 1 is 0.941 bits per heavy atom. The molecule has 0 aromatic carbocycles. The Morgan fingerprint density at radius 2 is 1.29 bits per heavy atom. The van der Waals surface area contributed by atoms with Gasteiger partial charge in [0.25, 0.3) is 0 Å². The van der Waals surface area contributed by atoms with Gasteiger partial charge in [-0.15, -0.1) is 0 Å². The zero-order valence-corrected chi connectivity index (χ0v) is 9.49. The topological polar surface area (TPSA) is 38.0 Å². The van der Waals surface area contributed by atoms with Gasteiger partial charge < -0.3 is 0 Å². The van der Waals surface area contributed by atoms with Gasteiger partial charge in [-0.25, -0.2) is 0 Å². The normalized spacial score (nSPS) is 15.7. The summed E-state index contributed by atoms with van der Waals surface area (Å²) in [5.41, 5.74) is 1.68. The van der Waals surface area contributed by atoms with Gasteiger partial charge in [-0.2, -0.15) is 26.3 Å². The van der Waals surface area contributed by atoms with Crippen LogP contribution in [0.4, 0.5) is 26.3 Å². The molecule has 0 bridgehead atoms. The van der Waals surface area contributed by atoms with Gasteiger partial charge in [0.15, 0.2) is 5.92 Å². The molecule has 0 aromatic rings. The molecule has 2 nitrogen and oxygen atoms in total. The summed E-state index contributed by atoms with van der Waals surface area (Å²) in [4.78, 5) is 0. The van der Waals surface area contributed by atoms with E-state index in [0.717, 1.165) is 0 Å². The Morgan fingerprint density at radius 3 is 1.47 bits per heavy atom. The number of hydrogen-bond donors (Lipinski definition) is 2. The van der Waals surface area contributed by atoms with E-state index in [4.69, 9.17) is 5.84 Å². The molecule has 8 heteroatoms. The molecule has 104 valence electrons. The Kier molecular flexibility index (Phi) is 5.73. The molecule has 0 radical (unpaired) electrons. The lowest BCUT2D eigenvalue weighted by Crippen LogP contribution is -2.56. The Hall–Kier alpha value is -0.500. The van der Waals surface area contributed by atoms with Crippen LogP contribution in [0.3, 0.4) is 0 Å². The summed E-state index contributed by atoms with van der Waals surface area (Å²) in [5.74, 6) is 0.645. The molecule has 1 unspecified atom stereocenters. The number of hydrogen-bond acceptors (Lipinski definition) is 2. The van der Waals surface area contributed by atoms with Crippen molar-refractivity contribution in [1.29, 1.82) is 0 Å². The molecular formula is C9H16F6N2. The maximum Gasteiger partial charge on any atom is 0.402 e. The van der Waals surface area contributed by atoms with Crippen LogP contribution in [0, 0.1) is 11.8 Å². The highest BCUT2D eigenvalue weighted by molar-refractivity contribution is 4.89. The van der Waals surface area contributed by atoms with Gasteiger partial charge in [0.1, 0.15) is 0 Å². The first kappa shape index (κ1) is 16.5. The number of hydrazine groups is 1. The second-order valence-electron chi connectivity index (χ2n) is 3.83. The smallest absolute Gasteiger partial charge is 0.271 e. The van der Waals surface area contributed by atoms with E-state index in [1.807, 2.05) is 0 Å². The van der Waals surface area contributed by atoms with Gasteiger partial charge >= 0.3 is 12.4 Å². The van der Waals surface area contributed by atoms with Crippen molar-refractivity contribution < 1.29 is 26.3 Å². The van der Waals surface area contributed by atoms with E-state index < -0.39 is 30.2 Å². The first-order valence-electron chi connectivity index (χ1n) is 5.19. The average Bonchev–Trinajstić information content (AvgIpc) is 2.13. The van der Waals surface area contributed by atoms with E-state index in [1.165, 1.54) is 13.8 Å². The molecular weight excluding hydrogens is 250 g/mol. The van der Waals surface area contributed by atoms with E-state index >= 15 is 0 Å². The summed E-state index contributed by atoms with van der Waals surface area (Å²) in [6.07, 6.45) is -10.3. The second-order valence-corrected chi connectivity index (χ2v) is 3.83. The molecule has 17 heavy (non-hydrogen) atoms. The van der Waals surface area contributed by atoms with Gasteiger partial charge in [-0.3, -0.25) is 11.3 Å². The summed E-state index contributed by atoms with van der Waals surface area (Å²) in [7, 11) is 0. The molecule has 0 amide bonds. The highest BCUT2D eigenvalue weighted by Gasteiger charge is 2.61. The van der Waals surface area contributed by atoms with Crippen LogP contribution in [-0.2, 0) is 0 Å². The first-order chi connectivity index (χ1) is 7.59. The minimum Gasteiger partial charge on any atom is -0.271 e. The molecule has 0 heterocycles. The molecule has 0 aromatic heterocycles. The van der Waals surface area contributed by atoms with Gasteiger partial charge in [-0.1, -0.05) is 26.7 Å². The zero-order valence-electron chi connectivity index (χ0n) is 9.49. The van der Waals surface area contributed by atoms with Crippen LogP contribution in [-0.4, -0.2) is 18.4 Å². The van der Waals surface area contributed by atoms with E-state index in [9.17, 15) is 26.3 Å². The Bertz CT molecular complexity index is 207. The molecule has 0 fully saturated rings. The maximum absolute atomic E-state index is 12.5. The average molecular weight is 266 g/mol. The van der Waals surface area contributed by atoms with E-state index in [1.54, 1.807) is 5.43 Å². The quantitative estimate of drug-likeness (QED) is 0.456. The van der Waals surface area contributed by atoms with Crippen LogP contribution in [0.5, 0.6) is 0 Å². The van der Waals surface area contributed by atoms with Crippen LogP contribution >= 0.6 is 0 Å². The fourth-order valence-corrected chi connectivity index (χ4v) is 1.89. The van der Waals surface area contributed by atoms with Gasteiger partial charge in [-0.05, 0) is 5.92 Å². The van der Waals surface area contributed by atoms with Gasteiger partial charge in [0, 0.05) is 6.04 Å². The lowest BCUT2D eigenvalue weighted by atomic mass is 9.84. The van der Waals surface area contributed by atoms with Crippen molar-refractivity contribution in [3.05, 3.63) is 0 Å². The van der Waals surface area contributed by atoms with Crippen LogP contribution in [0.15, 0.2) is 0 Å². The molecule has 0 saturated heterocycles. The van der Waals surface area contributed by atoms with Crippen LogP contribution in [0.1, 0.15) is 26.7 Å². The van der Waals surface area contributed by atoms with Crippen LogP contribution in [0.2, 0.25) is 0 Å². The largest absolute Gasteiger partial charge is 0.402 e. The number of rotatable bonds is 5. The van der Waals surface area contributed by atoms with Gasteiger partial charge in [0.05, 0.1) is 0 Å². The maximum atomic E-state index is 12.5. The molecule has 1 atom stereocenters. The van der Waals surface area contributed by atoms with Gasteiger partial charge in [0.2, 0.25) is 0 Å². The Labute approximate surface area is 95.5 Å². The Balaban J connectivity index is 5.27. The predicted molar refractivity (Wildman–Crippen MR) is 50.8 cm³/mol. The minimum absolute atomic E-state index is 0.189. The highest BCUT2D eigenvalue weighted by atomic mass is 19.4. The van der Waals surface area contributed by atoms with Crippen LogP contribution in [0.25, 0.3) is 0 Å². The van der Waals surface area contributed by atoms with E-state index in [0.29, 0.717) is 0 Å². The fraction of sp³-hybridized carbons (Fsp3) is 1.00. The molecule has 3 N–H and O–H groups in total. The summed E-state index contributed by atoms with van der Waals surface area (Å²) < 4.78 is 74.8. The van der Waals surface area contributed by atoms with Crippen molar-refractivity contribution in [2.75, 3.05) is 0 Å². The molecule has 0 aliphatic rings. The summed E-state index contributed by atoms with van der Waals surface area (Å²) in [5, 5.41) is 0. The third-order valence-electron chi connectivity index (χ3n) is 2.81. The zero-order chi connectivity index (χ0) is 13.9. The predicted octanol–water partition coefficient (Wildman–Crippen LogP) is 3.00. The number of halogens is 6. The fourth-order valence-electron chi connectivity index (χ4n) is 1.89. The first-order valence-corrected chi connectivity index (χ1v) is 5.19. The van der Waals surface area contributed by atoms with Crippen molar-refractivity contribution in [1.82, 2.24) is 5.43 Å². The van der Waals surface area contributed by atoms with Crippen molar-refractivity contribution in [2.24, 2.45) is 17.7 Å². The third-order valence-corrected chi connectivity index (χ3v) is 2.81. The van der Waals surface area contributed by atoms with Crippen molar-refractivity contribution in [3.8, 4) is 0 Å². The molecule has 0 rings (SSSR count). The van der Waals surface area contributed by atoms with E-state index in [2.05, 4.69) is 0 Å². The third kappa shape index (κ3) is 4.34. The SMILES string of the molecule is CCC(CC)C(NN)C(C(F)(F)F)C(F)(F)F. The molecule has 0 spiro atoms. The lowest BCUT2D eigenvalue weighted by Gasteiger charge is -2.34. The van der Waals surface area contributed by atoms with Crippen molar-refractivity contribution in [2.45, 2.75) is 45.1 Å². The molecule has 0 aliphatic heterocycles. The second kappa shape index (κ2) is 5.90. The van der Waals surface area contributed by atoms with Crippen molar-refractivity contribution >= 4 is 0 Å². The summed E-state index contributed by atoms with van der Waals surface area (Å²) in [6, 6.07) is -1.86. The lowest BCUT2D eigenvalue weighted by molar-refractivity contribution is -0.295. The van der Waals surface area contributed by atoms with Crippen LogP contribution < -0.4 is 11.3 Å². The monoisotopic (exact) mass is 266 g/mol. The summed E-state index contributed by atoms with van der Waals surface area (Å²) >= 11 is 0. The summed E-state index contributed by atoms with van der Waals surface area (Å²) in [6.45, 7) is 3.06. The molecule has 0 saturated carbocycles. The number of nitrogens with one attached hydrogen (secondary N) is 1. The molecule has 0 aliphatic carbocycles.